The highest BCUT2D eigenvalue weighted by atomic mass is 32.2. The summed E-state index contributed by atoms with van der Waals surface area (Å²) in [5.74, 6) is 0.784. The van der Waals surface area contributed by atoms with Crippen LogP contribution in [-0.4, -0.2) is 62.5 Å². The number of nitrogens with zero attached hydrogens (tertiary/aromatic N) is 2. The van der Waals surface area contributed by atoms with Crippen molar-refractivity contribution >= 4 is 15.9 Å². The van der Waals surface area contributed by atoms with Gasteiger partial charge in [-0.15, -0.1) is 0 Å². The molecular weight excluding hydrogens is 342 g/mol. The number of furan rings is 1. The lowest BCUT2D eigenvalue weighted by Gasteiger charge is -2.30. The fourth-order valence-corrected chi connectivity index (χ4v) is 4.61. The third-order valence-corrected chi connectivity index (χ3v) is 6.52. The molecule has 2 aliphatic rings. The van der Waals surface area contributed by atoms with Gasteiger partial charge in [0.05, 0.1) is 18.6 Å². The second kappa shape index (κ2) is 7.88. The zero-order chi connectivity index (χ0) is 17.9. The second-order valence-electron chi connectivity index (χ2n) is 6.96. The Balaban J connectivity index is 1.54. The van der Waals surface area contributed by atoms with Gasteiger partial charge in [0.25, 0.3) is 0 Å². The van der Waals surface area contributed by atoms with E-state index in [-0.39, 0.29) is 17.9 Å². The zero-order valence-corrected chi connectivity index (χ0v) is 15.5. The number of amides is 1. The van der Waals surface area contributed by atoms with Crippen LogP contribution in [0.25, 0.3) is 0 Å². The van der Waals surface area contributed by atoms with Crippen LogP contribution in [0.5, 0.6) is 0 Å². The van der Waals surface area contributed by atoms with Crippen molar-refractivity contribution in [3.63, 3.8) is 0 Å². The van der Waals surface area contributed by atoms with Gasteiger partial charge in [0.1, 0.15) is 5.76 Å². The quantitative estimate of drug-likeness (QED) is 0.815. The SMILES string of the molecule is CS(=O)(=O)N1CCC(C(=O)NCC(c2ccco2)N2CCCC2)CC1. The van der Waals surface area contributed by atoms with Crippen molar-refractivity contribution in [2.24, 2.45) is 5.92 Å². The number of carbonyl (C=O) groups is 1. The van der Waals surface area contributed by atoms with Crippen molar-refractivity contribution in [1.29, 1.82) is 0 Å². The van der Waals surface area contributed by atoms with E-state index >= 15 is 0 Å². The standard InChI is InChI=1S/C17H27N3O4S/c1-25(22,23)20-10-6-14(7-11-20)17(21)18-13-15(16-5-4-12-24-16)19-8-2-3-9-19/h4-5,12,14-15H,2-3,6-11,13H2,1H3,(H,18,21). The largest absolute Gasteiger partial charge is 0.468 e. The van der Waals surface area contributed by atoms with Crippen molar-refractivity contribution in [2.75, 3.05) is 39.0 Å². The number of hydrogen-bond donors (Lipinski definition) is 1. The van der Waals surface area contributed by atoms with E-state index in [1.165, 1.54) is 23.4 Å². The molecule has 0 aliphatic carbocycles. The number of nitrogens with one attached hydrogen (secondary N) is 1. The Bertz CT molecular complexity index is 660. The van der Waals surface area contributed by atoms with E-state index < -0.39 is 10.0 Å². The Morgan fingerprint density at radius 2 is 1.96 bits per heavy atom. The predicted octanol–water partition coefficient (Wildman–Crippen LogP) is 1.20. The summed E-state index contributed by atoms with van der Waals surface area (Å²) in [5, 5.41) is 3.06. The van der Waals surface area contributed by atoms with Gasteiger partial charge in [0, 0.05) is 25.6 Å². The molecular formula is C17H27N3O4S. The summed E-state index contributed by atoms with van der Waals surface area (Å²) in [7, 11) is -3.16. The lowest BCUT2D eigenvalue weighted by molar-refractivity contribution is -0.126. The molecule has 7 nitrogen and oxygen atoms in total. The maximum Gasteiger partial charge on any atom is 0.223 e. The van der Waals surface area contributed by atoms with E-state index in [4.69, 9.17) is 4.42 Å². The van der Waals surface area contributed by atoms with Gasteiger partial charge in [0.15, 0.2) is 0 Å². The second-order valence-corrected chi connectivity index (χ2v) is 8.94. The molecule has 2 aliphatic heterocycles. The van der Waals surface area contributed by atoms with Gasteiger partial charge in [-0.05, 0) is 50.9 Å². The molecule has 140 valence electrons. The summed E-state index contributed by atoms with van der Waals surface area (Å²) in [5.41, 5.74) is 0. The smallest absolute Gasteiger partial charge is 0.223 e. The highest BCUT2D eigenvalue weighted by Crippen LogP contribution is 2.25. The van der Waals surface area contributed by atoms with E-state index in [9.17, 15) is 13.2 Å². The molecule has 3 heterocycles. The fraction of sp³-hybridized carbons (Fsp3) is 0.706. The lowest BCUT2D eigenvalue weighted by Crippen LogP contribution is -2.44. The maximum absolute atomic E-state index is 12.5. The topological polar surface area (TPSA) is 82.9 Å². The van der Waals surface area contributed by atoms with Crippen molar-refractivity contribution < 1.29 is 17.6 Å². The summed E-state index contributed by atoms with van der Waals surface area (Å²) in [4.78, 5) is 14.9. The van der Waals surface area contributed by atoms with Crippen LogP contribution in [0.3, 0.4) is 0 Å². The van der Waals surface area contributed by atoms with Crippen LogP contribution >= 0.6 is 0 Å². The first-order valence-corrected chi connectivity index (χ1v) is 10.8. The number of rotatable bonds is 6. The van der Waals surface area contributed by atoms with Crippen LogP contribution in [0.15, 0.2) is 22.8 Å². The molecule has 0 bridgehead atoms. The average molecular weight is 369 g/mol. The molecule has 2 saturated heterocycles. The average Bonchev–Trinajstić information content (AvgIpc) is 3.28. The number of likely N-dealkylation sites (tertiary alicyclic amines) is 1. The Morgan fingerprint density at radius 3 is 2.52 bits per heavy atom. The van der Waals surface area contributed by atoms with E-state index in [1.54, 1.807) is 6.26 Å². The van der Waals surface area contributed by atoms with Crippen molar-refractivity contribution in [2.45, 2.75) is 31.7 Å². The molecule has 8 heteroatoms. The lowest BCUT2D eigenvalue weighted by atomic mass is 9.97. The summed E-state index contributed by atoms with van der Waals surface area (Å²) < 4.78 is 30.2. The van der Waals surface area contributed by atoms with Gasteiger partial charge >= 0.3 is 0 Å². The maximum atomic E-state index is 12.5. The minimum absolute atomic E-state index is 0.0175. The van der Waals surface area contributed by atoms with E-state index in [0.29, 0.717) is 32.5 Å². The minimum atomic E-state index is -3.16. The first-order valence-electron chi connectivity index (χ1n) is 8.95. The van der Waals surface area contributed by atoms with Crippen LogP contribution in [-0.2, 0) is 14.8 Å². The molecule has 25 heavy (non-hydrogen) atoms. The molecule has 1 atom stereocenters. The molecule has 0 aromatic carbocycles. The summed E-state index contributed by atoms with van der Waals surface area (Å²) in [6.45, 7) is 3.41. The van der Waals surface area contributed by atoms with E-state index in [1.807, 2.05) is 12.1 Å². The number of carbonyl (C=O) groups excluding carboxylic acids is 1. The van der Waals surface area contributed by atoms with Crippen LogP contribution in [0.4, 0.5) is 0 Å². The van der Waals surface area contributed by atoms with E-state index in [0.717, 1.165) is 18.8 Å². The summed E-state index contributed by atoms with van der Waals surface area (Å²) in [6, 6.07) is 3.90. The number of hydrogen-bond acceptors (Lipinski definition) is 5. The van der Waals surface area contributed by atoms with Crippen LogP contribution < -0.4 is 5.32 Å². The van der Waals surface area contributed by atoms with E-state index in [2.05, 4.69) is 10.2 Å². The number of piperidine rings is 1. The van der Waals surface area contributed by atoms with Crippen molar-refractivity contribution in [3.8, 4) is 0 Å². The van der Waals surface area contributed by atoms with Gasteiger partial charge in [-0.2, -0.15) is 0 Å². The fourth-order valence-electron chi connectivity index (χ4n) is 3.74. The molecule has 0 spiro atoms. The van der Waals surface area contributed by atoms with Gasteiger partial charge in [-0.25, -0.2) is 12.7 Å². The Hall–Kier alpha value is -1.38. The first kappa shape index (κ1) is 18.4. The molecule has 1 unspecified atom stereocenters. The molecule has 3 rings (SSSR count). The minimum Gasteiger partial charge on any atom is -0.468 e. The molecule has 0 saturated carbocycles. The van der Waals surface area contributed by atoms with Gasteiger partial charge in [-0.1, -0.05) is 0 Å². The van der Waals surface area contributed by atoms with Crippen LogP contribution in [0, 0.1) is 5.92 Å². The van der Waals surface area contributed by atoms with Crippen LogP contribution in [0.2, 0.25) is 0 Å². The first-order chi connectivity index (χ1) is 11.9. The normalized spacial score (nSPS) is 22.1. The van der Waals surface area contributed by atoms with Crippen LogP contribution in [0.1, 0.15) is 37.5 Å². The monoisotopic (exact) mass is 369 g/mol. The van der Waals surface area contributed by atoms with Gasteiger partial charge < -0.3 is 9.73 Å². The third kappa shape index (κ3) is 4.62. The third-order valence-electron chi connectivity index (χ3n) is 5.22. The molecule has 1 amide bonds. The Kier molecular flexibility index (Phi) is 5.81. The molecule has 1 N–H and O–H groups in total. The molecule has 2 fully saturated rings. The zero-order valence-electron chi connectivity index (χ0n) is 14.7. The van der Waals surface area contributed by atoms with Gasteiger partial charge in [-0.3, -0.25) is 9.69 Å². The Labute approximate surface area is 149 Å². The van der Waals surface area contributed by atoms with Crippen molar-refractivity contribution in [3.05, 3.63) is 24.2 Å². The molecule has 1 aromatic rings. The summed E-state index contributed by atoms with van der Waals surface area (Å²) >= 11 is 0. The van der Waals surface area contributed by atoms with Gasteiger partial charge in [0.2, 0.25) is 15.9 Å². The number of sulfonamides is 1. The van der Waals surface area contributed by atoms with Crippen molar-refractivity contribution in [1.82, 2.24) is 14.5 Å². The summed E-state index contributed by atoms with van der Waals surface area (Å²) in [6.07, 6.45) is 6.39. The molecule has 0 radical (unpaired) electrons. The highest BCUT2D eigenvalue weighted by molar-refractivity contribution is 7.88. The Morgan fingerprint density at radius 1 is 1.28 bits per heavy atom. The molecule has 1 aromatic heterocycles. The highest BCUT2D eigenvalue weighted by Gasteiger charge is 2.30. The predicted molar refractivity (Wildman–Crippen MR) is 94.4 cm³/mol.